The number of benzene rings is 15. The second-order valence-electron chi connectivity index (χ2n) is 25.7. The van der Waals surface area contributed by atoms with E-state index < -0.39 is 5.41 Å². The number of hydrogen-bond acceptors (Lipinski definition) is 3. The highest BCUT2D eigenvalue weighted by molar-refractivity contribution is 6.11. The van der Waals surface area contributed by atoms with Gasteiger partial charge in [0.15, 0.2) is 0 Å². The molecule has 3 nitrogen and oxygen atoms in total. The highest BCUT2D eigenvalue weighted by Gasteiger charge is 2.44. The standard InChI is InChI=1S/C94H65NO2/c1-3-21-64(22-4-1)66-46-43-63(44-47-66)45-60-77(68-48-50-69(51-49-68)78-35-19-37-86-84-33-11-15-41-90(84)96-92(78)86)71-25-17-26-72(61-71)94(88-39-13-9-31-82(88)80-29-7-8-30-81(80)83-32-10-14-40-89(83)94)73-27-18-28-76(62-73)95(74-56-52-67(53-57-74)65-23-5-2-6-24-65)75-58-54-70(55-59-75)79-36-20-38-87-85-34-12-16-42-91(85)97-93(79)87/h1-44,46-59,61-62,77H,45,60H2. The number of hydrogen-bond donors (Lipinski definition) is 0. The molecule has 17 aromatic rings. The lowest BCUT2D eigenvalue weighted by Gasteiger charge is -2.39. The SMILES string of the molecule is c1ccc(-c2ccc(CCC(c3ccc(-c4cccc5c4oc4ccccc45)cc3)c3cccc(C4(c5cccc(N(c6ccc(-c7ccccc7)cc6)c6ccc(-c7cccc8c7oc7ccccc78)cc6)c5)c5ccccc5-c5ccccc5-c5ccccc54)c3)cc2)cc1. The van der Waals surface area contributed by atoms with Crippen molar-refractivity contribution in [3.05, 3.63) is 403 Å². The average molecular weight is 1240 g/mol. The van der Waals surface area contributed by atoms with Gasteiger partial charge in [0, 0.05) is 55.7 Å². The largest absolute Gasteiger partial charge is 0.455 e. The van der Waals surface area contributed by atoms with E-state index in [0.717, 1.165) is 107 Å². The molecule has 0 saturated heterocycles. The van der Waals surface area contributed by atoms with Crippen molar-refractivity contribution in [3.63, 3.8) is 0 Å². The van der Waals surface area contributed by atoms with E-state index in [4.69, 9.17) is 8.83 Å². The highest BCUT2D eigenvalue weighted by atomic mass is 16.3. The van der Waals surface area contributed by atoms with E-state index in [9.17, 15) is 0 Å². The first-order valence-electron chi connectivity index (χ1n) is 33.7. The van der Waals surface area contributed by atoms with Crippen LogP contribution in [-0.4, -0.2) is 0 Å². The number of nitrogens with zero attached hydrogens (tertiary/aromatic N) is 1. The maximum Gasteiger partial charge on any atom is 0.143 e. The Bertz CT molecular complexity index is 5680. The van der Waals surface area contributed by atoms with Crippen LogP contribution in [0.4, 0.5) is 17.1 Å². The second kappa shape index (κ2) is 24.2. The zero-order valence-corrected chi connectivity index (χ0v) is 53.4. The Labute approximate surface area is 565 Å². The van der Waals surface area contributed by atoms with E-state index in [2.05, 4.69) is 357 Å². The van der Waals surface area contributed by atoms with E-state index in [1.54, 1.807) is 0 Å². The lowest BCUT2D eigenvalue weighted by Crippen LogP contribution is -2.32. The van der Waals surface area contributed by atoms with E-state index >= 15 is 0 Å². The Kier molecular flexibility index (Phi) is 14.3. The number of anilines is 3. The monoisotopic (exact) mass is 1240 g/mol. The Hall–Kier alpha value is -12.3. The predicted octanol–water partition coefficient (Wildman–Crippen LogP) is 25.4. The van der Waals surface area contributed by atoms with Crippen molar-refractivity contribution >= 4 is 60.9 Å². The van der Waals surface area contributed by atoms with Crippen LogP contribution in [0.3, 0.4) is 0 Å². The third-order valence-corrected chi connectivity index (χ3v) is 20.3. The van der Waals surface area contributed by atoms with Gasteiger partial charge in [0.2, 0.25) is 0 Å². The van der Waals surface area contributed by atoms with Gasteiger partial charge in [-0.2, -0.15) is 0 Å². The average Bonchev–Trinajstić information content (AvgIpc) is 1.66. The van der Waals surface area contributed by atoms with Crippen molar-refractivity contribution < 1.29 is 8.83 Å². The van der Waals surface area contributed by atoms with Crippen molar-refractivity contribution in [2.24, 2.45) is 0 Å². The minimum atomic E-state index is -0.844. The number of rotatable bonds is 14. The summed E-state index contributed by atoms with van der Waals surface area (Å²) in [7, 11) is 0. The zero-order valence-electron chi connectivity index (χ0n) is 53.4. The number of furan rings is 2. The van der Waals surface area contributed by atoms with Crippen LogP contribution in [0.1, 0.15) is 51.3 Å². The maximum absolute atomic E-state index is 6.62. The number of fused-ring (bicyclic) bond motifs is 11. The summed E-state index contributed by atoms with van der Waals surface area (Å²) in [6.45, 7) is 0. The van der Waals surface area contributed by atoms with Gasteiger partial charge >= 0.3 is 0 Å². The normalized spacial score (nSPS) is 12.7. The number of aryl methyl sites for hydroxylation is 1. The van der Waals surface area contributed by atoms with Crippen LogP contribution < -0.4 is 4.90 Å². The van der Waals surface area contributed by atoms with Gasteiger partial charge in [-0.05, 0) is 156 Å². The summed E-state index contributed by atoms with van der Waals surface area (Å²) < 4.78 is 13.2. The Morgan fingerprint density at radius 3 is 1.22 bits per heavy atom. The van der Waals surface area contributed by atoms with Crippen LogP contribution in [0.15, 0.2) is 373 Å². The molecule has 1 aliphatic rings. The fourth-order valence-electron chi connectivity index (χ4n) is 15.7. The summed E-state index contributed by atoms with van der Waals surface area (Å²) in [5, 5.41) is 4.49. The lowest BCUT2D eigenvalue weighted by atomic mass is 9.63. The third kappa shape index (κ3) is 10.1. The Morgan fingerprint density at radius 1 is 0.268 bits per heavy atom. The molecule has 15 aromatic carbocycles. The van der Waals surface area contributed by atoms with Gasteiger partial charge in [-0.25, -0.2) is 0 Å². The molecule has 0 spiro atoms. The minimum absolute atomic E-state index is 0.0257. The summed E-state index contributed by atoms with van der Waals surface area (Å²) in [4.78, 5) is 2.43. The molecule has 1 atom stereocenters. The van der Waals surface area contributed by atoms with Crippen molar-refractivity contribution in [3.8, 4) is 66.8 Å². The zero-order chi connectivity index (χ0) is 64.2. The lowest BCUT2D eigenvalue weighted by molar-refractivity contribution is 0.669. The molecule has 0 saturated carbocycles. The van der Waals surface area contributed by atoms with Crippen LogP contribution in [0.2, 0.25) is 0 Å². The van der Waals surface area contributed by atoms with Gasteiger partial charge in [0.05, 0.1) is 5.41 Å². The molecule has 3 heteroatoms. The molecular weight excluding hydrogens is 1180 g/mol. The van der Waals surface area contributed by atoms with Gasteiger partial charge in [-0.3, -0.25) is 0 Å². The predicted molar refractivity (Wildman–Crippen MR) is 403 cm³/mol. The maximum atomic E-state index is 6.62. The second-order valence-corrected chi connectivity index (χ2v) is 25.7. The molecular formula is C94H65NO2. The third-order valence-electron chi connectivity index (χ3n) is 20.3. The molecule has 458 valence electrons. The molecule has 0 aliphatic heterocycles. The van der Waals surface area contributed by atoms with Gasteiger partial charge in [0.25, 0.3) is 0 Å². The minimum Gasteiger partial charge on any atom is -0.455 e. The van der Waals surface area contributed by atoms with Crippen molar-refractivity contribution in [1.29, 1.82) is 0 Å². The molecule has 0 bridgehead atoms. The van der Waals surface area contributed by atoms with Crippen LogP contribution in [0.25, 0.3) is 111 Å². The molecule has 1 unspecified atom stereocenters. The smallest absolute Gasteiger partial charge is 0.143 e. The molecule has 2 heterocycles. The Morgan fingerprint density at radius 2 is 0.670 bits per heavy atom. The highest BCUT2D eigenvalue weighted by Crippen LogP contribution is 2.56. The molecule has 0 fully saturated rings. The first kappa shape index (κ1) is 57.4. The molecule has 18 rings (SSSR count). The van der Waals surface area contributed by atoms with Crippen molar-refractivity contribution in [2.45, 2.75) is 24.2 Å². The van der Waals surface area contributed by atoms with E-state index in [1.807, 2.05) is 12.1 Å². The van der Waals surface area contributed by atoms with Crippen LogP contribution >= 0.6 is 0 Å². The molecule has 1 aliphatic carbocycles. The Balaban J connectivity index is 0.815. The molecule has 0 radical (unpaired) electrons. The molecule has 0 N–H and O–H groups in total. The first-order valence-corrected chi connectivity index (χ1v) is 33.7. The first-order chi connectivity index (χ1) is 48.1. The molecule has 2 aromatic heterocycles. The fraction of sp³-hybridized carbons (Fsp3) is 0.0426. The van der Waals surface area contributed by atoms with Gasteiger partial charge in [-0.15, -0.1) is 0 Å². The topological polar surface area (TPSA) is 29.5 Å². The van der Waals surface area contributed by atoms with Gasteiger partial charge < -0.3 is 13.7 Å². The summed E-state index contributed by atoms with van der Waals surface area (Å²) in [6.07, 6.45) is 1.77. The van der Waals surface area contributed by atoms with Crippen LogP contribution in [0.5, 0.6) is 0 Å². The van der Waals surface area contributed by atoms with Crippen LogP contribution in [0, 0.1) is 0 Å². The summed E-state index contributed by atoms with van der Waals surface area (Å²) in [5.41, 5.74) is 28.5. The van der Waals surface area contributed by atoms with Crippen LogP contribution in [-0.2, 0) is 11.8 Å². The number of para-hydroxylation sites is 4. The summed E-state index contributed by atoms with van der Waals surface area (Å²) in [5.74, 6) is 0.0257. The van der Waals surface area contributed by atoms with Crippen molar-refractivity contribution in [1.82, 2.24) is 0 Å². The van der Waals surface area contributed by atoms with Gasteiger partial charge in [0.1, 0.15) is 22.3 Å². The van der Waals surface area contributed by atoms with Crippen molar-refractivity contribution in [2.75, 3.05) is 4.90 Å². The van der Waals surface area contributed by atoms with E-state index in [1.165, 1.54) is 72.3 Å². The summed E-state index contributed by atoms with van der Waals surface area (Å²) in [6, 6.07) is 134. The van der Waals surface area contributed by atoms with E-state index in [-0.39, 0.29) is 5.92 Å². The fourth-order valence-corrected chi connectivity index (χ4v) is 15.7. The molecule has 0 amide bonds. The summed E-state index contributed by atoms with van der Waals surface area (Å²) >= 11 is 0. The molecule has 97 heavy (non-hydrogen) atoms. The van der Waals surface area contributed by atoms with Gasteiger partial charge in [-0.1, -0.05) is 315 Å². The quantitative estimate of drug-likeness (QED) is 0.109. The van der Waals surface area contributed by atoms with E-state index in [0.29, 0.717) is 0 Å².